The predicted molar refractivity (Wildman–Crippen MR) is 252 cm³/mol. The van der Waals surface area contributed by atoms with Crippen molar-refractivity contribution < 1.29 is 4.79 Å². The Hall–Kier alpha value is -4.75. The molecule has 58 heavy (non-hydrogen) atoms. The van der Waals surface area contributed by atoms with Gasteiger partial charge in [0, 0.05) is 16.7 Å². The molecule has 0 aromatic heterocycles. The number of hydrogen-bond donors (Lipinski definition) is 0. The number of rotatable bonds is 15. The summed E-state index contributed by atoms with van der Waals surface area (Å²) < 4.78 is 0. The van der Waals surface area contributed by atoms with E-state index in [2.05, 4.69) is 177 Å². The maximum atomic E-state index is 11.7. The Morgan fingerprint density at radius 2 is 0.569 bits per heavy atom. The van der Waals surface area contributed by atoms with Crippen LogP contribution in [0, 0.1) is 0 Å². The molecule has 0 aliphatic heterocycles. The average molecular weight is 785 g/mol. The molecule has 0 N–H and O–H groups in total. The summed E-state index contributed by atoms with van der Waals surface area (Å²) in [5.41, 5.74) is 14.4. The van der Waals surface area contributed by atoms with Crippen molar-refractivity contribution in [2.45, 2.75) is 185 Å². The lowest BCUT2D eigenvalue weighted by molar-refractivity contribution is 0.565. The third-order valence-electron chi connectivity index (χ3n) is 10.6. The van der Waals surface area contributed by atoms with Crippen molar-refractivity contribution in [3.8, 4) is 0 Å². The molecule has 3 aromatic rings. The molecule has 0 radical (unpaired) electrons. The van der Waals surface area contributed by atoms with Crippen molar-refractivity contribution in [3.63, 3.8) is 0 Å². The van der Waals surface area contributed by atoms with E-state index in [1.807, 2.05) is 6.08 Å². The van der Waals surface area contributed by atoms with Gasteiger partial charge in [0.2, 0.25) is 6.08 Å². The molecule has 7 heteroatoms. The highest BCUT2D eigenvalue weighted by molar-refractivity contribution is 5.79. The molecule has 0 atom stereocenters. The van der Waals surface area contributed by atoms with Crippen molar-refractivity contribution >= 4 is 58.1 Å². The molecular weight excluding hydrogens is 713 g/mol. The maximum Gasteiger partial charge on any atom is 0.240 e. The normalized spacial score (nSPS) is 11.4. The summed E-state index contributed by atoms with van der Waals surface area (Å²) in [5, 5.41) is 0. The molecule has 0 spiro atoms. The third-order valence-corrected chi connectivity index (χ3v) is 10.6. The van der Waals surface area contributed by atoms with Crippen LogP contribution in [-0.2, 0) is 4.79 Å². The fraction of sp³-hybridized carbons (Fsp3) is 0.549. The zero-order chi connectivity index (χ0) is 43.0. The summed E-state index contributed by atoms with van der Waals surface area (Å²) in [6.07, 6.45) is 1.81. The molecule has 0 amide bonds. The van der Waals surface area contributed by atoms with Gasteiger partial charge in [0.05, 0.1) is 34.1 Å². The van der Waals surface area contributed by atoms with Crippen molar-refractivity contribution in [1.29, 1.82) is 0 Å². The van der Waals surface area contributed by atoms with Crippen LogP contribution >= 0.6 is 0 Å². The molecule has 0 unspecified atom stereocenters. The SMILES string of the molecule is C.C=C=Nc1c(C(C)C)cc(C(C)C)c(N=C=Nc2c(C(C)C)cc(C(C)C)c(N=C=Nc3c(C(C)C)cc(C(C)C)c(N=C=O)c3C(C)C)c2C(C)C)c1C(C)C. The van der Waals surface area contributed by atoms with Crippen LogP contribution in [0.1, 0.15) is 235 Å². The monoisotopic (exact) mass is 785 g/mol. The largest absolute Gasteiger partial charge is 0.240 e. The zero-order valence-electron chi connectivity index (χ0n) is 38.2. The number of nitrogens with zero attached hydrogens (tertiary/aromatic N) is 6. The Bertz CT molecular complexity index is 2020. The van der Waals surface area contributed by atoms with Crippen molar-refractivity contribution in [1.82, 2.24) is 0 Å². The van der Waals surface area contributed by atoms with Crippen LogP contribution in [0.3, 0.4) is 0 Å². The highest BCUT2D eigenvalue weighted by Gasteiger charge is 2.26. The second-order valence-electron chi connectivity index (χ2n) is 18.0. The summed E-state index contributed by atoms with van der Waals surface area (Å²) in [4.78, 5) is 40.8. The third kappa shape index (κ3) is 10.8. The first kappa shape index (κ1) is 49.4. The van der Waals surface area contributed by atoms with E-state index in [1.165, 1.54) is 0 Å². The summed E-state index contributed by atoms with van der Waals surface area (Å²) in [6, 6.07) is 13.0. The van der Waals surface area contributed by atoms with Crippen LogP contribution in [0.5, 0.6) is 0 Å². The molecule has 0 bridgehead atoms. The molecule has 312 valence electrons. The topological polar surface area (TPSA) is 91.2 Å². The van der Waals surface area contributed by atoms with Gasteiger partial charge in [-0.1, -0.05) is 150 Å². The molecule has 7 nitrogen and oxygen atoms in total. The van der Waals surface area contributed by atoms with E-state index >= 15 is 0 Å². The van der Waals surface area contributed by atoms with Crippen molar-refractivity contribution in [3.05, 3.63) is 74.8 Å². The van der Waals surface area contributed by atoms with E-state index < -0.39 is 0 Å². The molecule has 0 aliphatic rings. The van der Waals surface area contributed by atoms with Crippen LogP contribution in [0.25, 0.3) is 0 Å². The van der Waals surface area contributed by atoms with Crippen LogP contribution in [-0.4, -0.2) is 24.0 Å². The molecule has 3 aromatic carbocycles. The number of hydrogen-bond acceptors (Lipinski definition) is 7. The quantitative estimate of drug-likeness (QED) is 0.111. The van der Waals surface area contributed by atoms with Gasteiger partial charge >= 0.3 is 0 Å². The number of benzene rings is 3. The van der Waals surface area contributed by atoms with Crippen LogP contribution < -0.4 is 0 Å². The number of aliphatic imine (C=N–C) groups is 6. The minimum Gasteiger partial charge on any atom is -0.211 e. The molecular formula is C51H72N6O. The van der Waals surface area contributed by atoms with Gasteiger partial charge in [0.15, 0.2) is 0 Å². The van der Waals surface area contributed by atoms with E-state index in [0.29, 0.717) is 5.69 Å². The Morgan fingerprint density at radius 1 is 0.362 bits per heavy atom. The predicted octanol–water partition coefficient (Wildman–Crippen LogP) is 17.2. The second kappa shape index (κ2) is 21.3. The summed E-state index contributed by atoms with van der Waals surface area (Å²) in [5.74, 6) is 4.24. The first-order valence-corrected chi connectivity index (χ1v) is 21.0. The Labute approximate surface area is 351 Å². The maximum absolute atomic E-state index is 11.7. The van der Waals surface area contributed by atoms with Crippen molar-refractivity contribution in [2.24, 2.45) is 30.0 Å². The molecule has 0 heterocycles. The standard InChI is InChI=1S/C50H68N6O.CH4/c1-20-51-45-36(27(2)3)21-37(28(4)5)46(42(45)33(14)15)52-24-53-47-38(29(6)7)22-39(30(8)9)48(43(47)34(16)17)54-25-55-49-40(31(10)11)23-41(32(12)13)50(56-26-57)44(49)35(18)19;/h21-23,27-35H,1H2,2-19H3;1H4. The lowest BCUT2D eigenvalue weighted by atomic mass is 9.85. The highest BCUT2D eigenvalue weighted by Crippen LogP contribution is 2.48. The van der Waals surface area contributed by atoms with E-state index in [9.17, 15) is 4.79 Å². The molecule has 0 aliphatic carbocycles. The van der Waals surface area contributed by atoms with Gasteiger partial charge in [0.1, 0.15) is 12.0 Å². The zero-order valence-corrected chi connectivity index (χ0v) is 38.2. The fourth-order valence-electron chi connectivity index (χ4n) is 7.59. The average Bonchev–Trinajstić information content (AvgIpc) is 3.10. The lowest BCUT2D eigenvalue weighted by Crippen LogP contribution is -2.02. The smallest absolute Gasteiger partial charge is 0.211 e. The Balaban J connectivity index is 0.0000116. The fourth-order valence-corrected chi connectivity index (χ4v) is 7.59. The van der Waals surface area contributed by atoms with Crippen LogP contribution in [0.15, 0.2) is 54.7 Å². The minimum absolute atomic E-state index is 0. The van der Waals surface area contributed by atoms with Gasteiger partial charge in [-0.25, -0.2) is 9.79 Å². The van der Waals surface area contributed by atoms with Crippen LogP contribution in [0.4, 0.5) is 34.1 Å². The second-order valence-corrected chi connectivity index (χ2v) is 18.0. The first-order valence-electron chi connectivity index (χ1n) is 21.0. The van der Waals surface area contributed by atoms with Gasteiger partial charge < -0.3 is 0 Å². The summed E-state index contributed by atoms with van der Waals surface area (Å²) in [7, 11) is 0. The van der Waals surface area contributed by atoms with Gasteiger partial charge in [0.25, 0.3) is 0 Å². The van der Waals surface area contributed by atoms with E-state index in [1.54, 1.807) is 0 Å². The summed E-state index contributed by atoms with van der Waals surface area (Å²) >= 11 is 0. The van der Waals surface area contributed by atoms with E-state index in [0.717, 1.165) is 78.5 Å². The van der Waals surface area contributed by atoms with Gasteiger partial charge in [-0.3, -0.25) is 0 Å². The number of carbonyl (C=O) groups excluding carboxylic acids is 1. The lowest BCUT2D eigenvalue weighted by Gasteiger charge is -2.23. The first-order chi connectivity index (χ1) is 26.7. The van der Waals surface area contributed by atoms with Crippen molar-refractivity contribution in [2.75, 3.05) is 0 Å². The summed E-state index contributed by atoms with van der Waals surface area (Å²) in [6.45, 7) is 42.8. The van der Waals surface area contributed by atoms with Gasteiger partial charge in [-0.2, -0.15) is 25.0 Å². The number of isocyanates is 1. The minimum atomic E-state index is 0. The molecule has 0 saturated carbocycles. The van der Waals surface area contributed by atoms with Gasteiger partial charge in [-0.15, -0.1) is 0 Å². The molecule has 0 saturated heterocycles. The Kier molecular flexibility index (Phi) is 18.1. The Morgan fingerprint density at radius 3 is 0.741 bits per heavy atom. The van der Waals surface area contributed by atoms with Gasteiger partial charge in [-0.05, 0) is 99.1 Å². The van der Waals surface area contributed by atoms with Crippen LogP contribution in [0.2, 0.25) is 0 Å². The molecule has 3 rings (SSSR count). The molecule has 0 fully saturated rings. The highest BCUT2D eigenvalue weighted by atomic mass is 16.1. The van der Waals surface area contributed by atoms with E-state index in [-0.39, 0.29) is 60.7 Å². The van der Waals surface area contributed by atoms with E-state index in [4.69, 9.17) is 20.0 Å².